The highest BCUT2D eigenvalue weighted by Gasteiger charge is 2.33. The van der Waals surface area contributed by atoms with E-state index >= 15 is 0 Å². The molecule has 2 N–H and O–H groups in total. The highest BCUT2D eigenvalue weighted by atomic mass is 16.2. The van der Waals surface area contributed by atoms with E-state index in [-0.39, 0.29) is 17.5 Å². The van der Waals surface area contributed by atoms with Crippen LogP contribution in [0, 0.1) is 0 Å². The number of imidazole rings is 1. The number of fused-ring (bicyclic) bond motifs is 2. The summed E-state index contributed by atoms with van der Waals surface area (Å²) in [6.07, 6.45) is 1.77. The predicted octanol–water partition coefficient (Wildman–Crippen LogP) is 3.38. The Morgan fingerprint density at radius 1 is 1.04 bits per heavy atom. The standard InChI is InChI=1S/C21H18N4O2/c26-19-12-14(13-6-1-2-7-15(13)22-19)21(27)25-11-5-10-18(25)20-23-16-8-3-4-9-17(16)24-20/h1-4,6-9,12,18H,5,10-11H2,(H,22,26)(H,23,24)/t18-/m1/s1. The zero-order valence-corrected chi connectivity index (χ0v) is 14.6. The van der Waals surface area contributed by atoms with E-state index in [1.165, 1.54) is 6.07 Å². The molecule has 1 fully saturated rings. The second-order valence-corrected chi connectivity index (χ2v) is 6.89. The van der Waals surface area contributed by atoms with Crippen LogP contribution in [0.2, 0.25) is 0 Å². The maximum Gasteiger partial charge on any atom is 0.255 e. The largest absolute Gasteiger partial charge is 0.340 e. The Labute approximate surface area is 154 Å². The SMILES string of the molecule is O=C(c1cc(=O)[nH]c2ccccc12)N1CCC[C@@H]1c1nc2ccccc2[nH]1. The number of nitrogens with zero attached hydrogens (tertiary/aromatic N) is 2. The zero-order chi connectivity index (χ0) is 18.4. The Hall–Kier alpha value is -3.41. The second kappa shape index (κ2) is 6.09. The lowest BCUT2D eigenvalue weighted by Crippen LogP contribution is -2.32. The van der Waals surface area contributed by atoms with E-state index in [1.54, 1.807) is 0 Å². The number of benzene rings is 2. The van der Waals surface area contributed by atoms with Gasteiger partial charge in [0.15, 0.2) is 0 Å². The molecule has 0 spiro atoms. The number of carbonyl (C=O) groups excluding carboxylic acids is 1. The van der Waals surface area contributed by atoms with Gasteiger partial charge in [0.25, 0.3) is 5.91 Å². The minimum atomic E-state index is -0.267. The normalized spacial score (nSPS) is 17.0. The van der Waals surface area contributed by atoms with Gasteiger partial charge < -0.3 is 14.9 Å². The van der Waals surface area contributed by atoms with Crippen LogP contribution < -0.4 is 5.56 Å². The number of carbonyl (C=O) groups is 1. The van der Waals surface area contributed by atoms with Crippen molar-refractivity contribution >= 4 is 27.8 Å². The zero-order valence-electron chi connectivity index (χ0n) is 14.6. The van der Waals surface area contributed by atoms with E-state index in [2.05, 4.69) is 15.0 Å². The van der Waals surface area contributed by atoms with Gasteiger partial charge in [-0.05, 0) is 31.0 Å². The third-order valence-corrected chi connectivity index (χ3v) is 5.22. The van der Waals surface area contributed by atoms with Gasteiger partial charge in [0, 0.05) is 23.5 Å². The van der Waals surface area contributed by atoms with Crippen LogP contribution in [0.1, 0.15) is 35.1 Å². The van der Waals surface area contributed by atoms with Gasteiger partial charge in [0.2, 0.25) is 5.56 Å². The van der Waals surface area contributed by atoms with Crippen molar-refractivity contribution < 1.29 is 4.79 Å². The molecule has 0 aliphatic carbocycles. The number of nitrogens with one attached hydrogen (secondary N) is 2. The number of amides is 1. The lowest BCUT2D eigenvalue weighted by Gasteiger charge is -2.23. The summed E-state index contributed by atoms with van der Waals surface area (Å²) >= 11 is 0. The van der Waals surface area contributed by atoms with Crippen LogP contribution in [0.5, 0.6) is 0 Å². The molecule has 1 saturated heterocycles. The first-order chi connectivity index (χ1) is 13.2. The van der Waals surface area contributed by atoms with Crippen molar-refractivity contribution in [3.8, 4) is 0 Å². The summed E-state index contributed by atoms with van der Waals surface area (Å²) in [4.78, 5) is 38.0. The lowest BCUT2D eigenvalue weighted by atomic mass is 10.1. The summed E-state index contributed by atoms with van der Waals surface area (Å²) in [6, 6.07) is 16.5. The summed E-state index contributed by atoms with van der Waals surface area (Å²) in [5.74, 6) is 0.677. The summed E-state index contributed by atoms with van der Waals surface area (Å²) in [5, 5.41) is 0.761. The van der Waals surface area contributed by atoms with Crippen LogP contribution >= 0.6 is 0 Å². The number of aromatic amines is 2. The average Bonchev–Trinajstić information content (AvgIpc) is 3.33. The van der Waals surface area contributed by atoms with Crippen LogP contribution in [-0.2, 0) is 0 Å². The minimum absolute atomic E-state index is 0.108. The van der Waals surface area contributed by atoms with E-state index in [4.69, 9.17) is 0 Å². The first-order valence-corrected chi connectivity index (χ1v) is 9.08. The number of H-pyrrole nitrogens is 2. The van der Waals surface area contributed by atoms with Crippen molar-refractivity contribution in [2.24, 2.45) is 0 Å². The van der Waals surface area contributed by atoms with E-state index in [0.29, 0.717) is 17.6 Å². The van der Waals surface area contributed by atoms with Crippen LogP contribution in [0.3, 0.4) is 0 Å². The van der Waals surface area contributed by atoms with Gasteiger partial charge in [-0.25, -0.2) is 4.98 Å². The fourth-order valence-electron chi connectivity index (χ4n) is 3.96. The van der Waals surface area contributed by atoms with Gasteiger partial charge in [-0.3, -0.25) is 9.59 Å². The fourth-order valence-corrected chi connectivity index (χ4v) is 3.96. The van der Waals surface area contributed by atoms with E-state index in [0.717, 1.165) is 35.1 Å². The third-order valence-electron chi connectivity index (χ3n) is 5.22. The topological polar surface area (TPSA) is 81.8 Å². The number of hydrogen-bond acceptors (Lipinski definition) is 3. The number of rotatable bonds is 2. The lowest BCUT2D eigenvalue weighted by molar-refractivity contribution is 0.0732. The molecule has 6 heteroatoms. The molecule has 1 atom stereocenters. The van der Waals surface area contributed by atoms with Crippen molar-refractivity contribution in [1.29, 1.82) is 0 Å². The van der Waals surface area contributed by atoms with Crippen molar-refractivity contribution in [3.05, 3.63) is 76.3 Å². The quantitative estimate of drug-likeness (QED) is 0.576. The molecule has 4 aromatic rings. The Kier molecular flexibility index (Phi) is 3.57. The molecule has 2 aromatic carbocycles. The molecule has 134 valence electrons. The molecule has 27 heavy (non-hydrogen) atoms. The summed E-state index contributed by atoms with van der Waals surface area (Å²) in [7, 11) is 0. The maximum atomic E-state index is 13.3. The number of para-hydroxylation sites is 3. The molecule has 0 bridgehead atoms. The average molecular weight is 358 g/mol. The highest BCUT2D eigenvalue weighted by molar-refractivity contribution is 6.06. The van der Waals surface area contributed by atoms with Crippen molar-refractivity contribution in [2.45, 2.75) is 18.9 Å². The van der Waals surface area contributed by atoms with Crippen molar-refractivity contribution in [2.75, 3.05) is 6.54 Å². The second-order valence-electron chi connectivity index (χ2n) is 6.89. The molecular weight excluding hydrogens is 340 g/mol. The molecule has 0 unspecified atom stereocenters. The molecule has 5 rings (SSSR count). The molecule has 1 aliphatic rings. The van der Waals surface area contributed by atoms with Crippen LogP contribution in [-0.4, -0.2) is 32.3 Å². The van der Waals surface area contributed by atoms with Gasteiger partial charge in [0.05, 0.1) is 22.6 Å². The molecule has 0 radical (unpaired) electrons. The molecule has 6 nitrogen and oxygen atoms in total. The maximum absolute atomic E-state index is 13.3. The first-order valence-electron chi connectivity index (χ1n) is 9.08. The van der Waals surface area contributed by atoms with Gasteiger partial charge >= 0.3 is 0 Å². The number of likely N-dealkylation sites (tertiary alicyclic amines) is 1. The number of aromatic nitrogens is 3. The number of hydrogen-bond donors (Lipinski definition) is 2. The predicted molar refractivity (Wildman–Crippen MR) is 104 cm³/mol. The van der Waals surface area contributed by atoms with Crippen molar-refractivity contribution in [3.63, 3.8) is 0 Å². The molecule has 1 aliphatic heterocycles. The van der Waals surface area contributed by atoms with Crippen LogP contribution in [0.15, 0.2) is 59.4 Å². The monoisotopic (exact) mass is 358 g/mol. The molecule has 0 saturated carbocycles. The van der Waals surface area contributed by atoms with Crippen LogP contribution in [0.4, 0.5) is 0 Å². The fraction of sp³-hybridized carbons (Fsp3) is 0.190. The van der Waals surface area contributed by atoms with Gasteiger partial charge in [0.1, 0.15) is 5.82 Å². The van der Waals surface area contributed by atoms with E-state index in [1.807, 2.05) is 53.4 Å². The molecule has 1 amide bonds. The Balaban J connectivity index is 1.57. The smallest absolute Gasteiger partial charge is 0.255 e. The van der Waals surface area contributed by atoms with Gasteiger partial charge in [-0.1, -0.05) is 30.3 Å². The molecule has 2 aromatic heterocycles. The third kappa shape index (κ3) is 2.61. The summed E-state index contributed by atoms with van der Waals surface area (Å²) < 4.78 is 0. The van der Waals surface area contributed by atoms with Crippen molar-refractivity contribution in [1.82, 2.24) is 19.9 Å². The molecule has 3 heterocycles. The first kappa shape index (κ1) is 15.8. The summed E-state index contributed by atoms with van der Waals surface area (Å²) in [6.45, 7) is 0.654. The summed E-state index contributed by atoms with van der Waals surface area (Å²) in [5.41, 5.74) is 2.71. The Morgan fingerprint density at radius 2 is 1.81 bits per heavy atom. The van der Waals surface area contributed by atoms with Gasteiger partial charge in [-0.15, -0.1) is 0 Å². The highest BCUT2D eigenvalue weighted by Crippen LogP contribution is 2.33. The Morgan fingerprint density at radius 3 is 2.67 bits per heavy atom. The minimum Gasteiger partial charge on any atom is -0.340 e. The molecular formula is C21H18N4O2. The van der Waals surface area contributed by atoms with E-state index < -0.39 is 0 Å². The number of pyridine rings is 1. The van der Waals surface area contributed by atoms with Gasteiger partial charge in [-0.2, -0.15) is 0 Å². The van der Waals surface area contributed by atoms with E-state index in [9.17, 15) is 9.59 Å². The Bertz CT molecular complexity index is 1190. The van der Waals surface area contributed by atoms with Crippen LogP contribution in [0.25, 0.3) is 21.9 Å².